The van der Waals surface area contributed by atoms with Crippen molar-refractivity contribution in [2.45, 2.75) is 18.8 Å². The normalized spacial score (nSPS) is 25.9. The standard InChI is InChI=1S/C14H18O/c1-2-6-13(14-9-12(14)10-15)11-7-4-3-5-8-11/h2-5,7-8,12-15H,1,6,9-10H2. The van der Waals surface area contributed by atoms with Gasteiger partial charge in [0.1, 0.15) is 0 Å². The average Bonchev–Trinajstić information content (AvgIpc) is 3.06. The third kappa shape index (κ3) is 2.29. The highest BCUT2D eigenvalue weighted by molar-refractivity contribution is 5.23. The molecule has 1 nitrogen and oxygen atoms in total. The molecule has 0 bridgehead atoms. The summed E-state index contributed by atoms with van der Waals surface area (Å²) in [7, 11) is 0. The highest BCUT2D eigenvalue weighted by Gasteiger charge is 2.42. The van der Waals surface area contributed by atoms with E-state index in [2.05, 4.69) is 30.8 Å². The van der Waals surface area contributed by atoms with Crippen LogP contribution in [-0.2, 0) is 0 Å². The van der Waals surface area contributed by atoms with Gasteiger partial charge in [0.05, 0.1) is 0 Å². The monoisotopic (exact) mass is 202 g/mol. The minimum atomic E-state index is 0.338. The Morgan fingerprint density at radius 3 is 2.67 bits per heavy atom. The van der Waals surface area contributed by atoms with Crippen LogP contribution in [0.3, 0.4) is 0 Å². The van der Waals surface area contributed by atoms with Gasteiger partial charge in [0.15, 0.2) is 0 Å². The summed E-state index contributed by atoms with van der Waals surface area (Å²) < 4.78 is 0. The first-order valence-corrected chi connectivity index (χ1v) is 5.63. The molecule has 0 heterocycles. The molecule has 0 amide bonds. The quantitative estimate of drug-likeness (QED) is 0.728. The lowest BCUT2D eigenvalue weighted by Crippen LogP contribution is -2.03. The summed E-state index contributed by atoms with van der Waals surface area (Å²) in [6, 6.07) is 10.6. The van der Waals surface area contributed by atoms with Gasteiger partial charge in [-0.15, -0.1) is 6.58 Å². The lowest BCUT2D eigenvalue weighted by molar-refractivity contribution is 0.265. The molecule has 1 saturated carbocycles. The topological polar surface area (TPSA) is 20.2 Å². The molecule has 0 aliphatic heterocycles. The van der Waals surface area contributed by atoms with E-state index in [4.69, 9.17) is 5.11 Å². The van der Waals surface area contributed by atoms with Crippen molar-refractivity contribution in [3.05, 3.63) is 48.6 Å². The second-order valence-electron chi connectivity index (χ2n) is 4.38. The summed E-state index contributed by atoms with van der Waals surface area (Å²) in [5, 5.41) is 9.11. The van der Waals surface area contributed by atoms with E-state index in [1.165, 1.54) is 12.0 Å². The number of rotatable bonds is 5. The van der Waals surface area contributed by atoms with Gasteiger partial charge in [-0.05, 0) is 36.2 Å². The van der Waals surface area contributed by atoms with Crippen molar-refractivity contribution in [3.63, 3.8) is 0 Å². The zero-order chi connectivity index (χ0) is 10.7. The van der Waals surface area contributed by atoms with Gasteiger partial charge in [-0.25, -0.2) is 0 Å². The third-order valence-corrected chi connectivity index (χ3v) is 3.38. The van der Waals surface area contributed by atoms with Crippen molar-refractivity contribution in [2.24, 2.45) is 11.8 Å². The predicted octanol–water partition coefficient (Wildman–Crippen LogP) is 2.97. The molecule has 0 saturated heterocycles. The van der Waals surface area contributed by atoms with E-state index in [0.717, 1.165) is 6.42 Å². The minimum absolute atomic E-state index is 0.338. The van der Waals surface area contributed by atoms with Crippen molar-refractivity contribution in [2.75, 3.05) is 6.61 Å². The van der Waals surface area contributed by atoms with E-state index in [1.807, 2.05) is 12.1 Å². The Balaban J connectivity index is 2.10. The van der Waals surface area contributed by atoms with Crippen molar-refractivity contribution in [1.82, 2.24) is 0 Å². The number of allylic oxidation sites excluding steroid dienone is 1. The van der Waals surface area contributed by atoms with E-state index in [9.17, 15) is 0 Å². The van der Waals surface area contributed by atoms with Crippen molar-refractivity contribution < 1.29 is 5.11 Å². The molecule has 3 atom stereocenters. The summed E-state index contributed by atoms with van der Waals surface area (Å²) in [6.45, 7) is 4.16. The van der Waals surface area contributed by atoms with Crippen LogP contribution in [0.4, 0.5) is 0 Å². The van der Waals surface area contributed by atoms with Crippen LogP contribution in [0.5, 0.6) is 0 Å². The molecule has 2 rings (SSSR count). The van der Waals surface area contributed by atoms with Gasteiger partial charge in [0.25, 0.3) is 0 Å². The van der Waals surface area contributed by atoms with Crippen LogP contribution in [0.1, 0.15) is 24.3 Å². The summed E-state index contributed by atoms with van der Waals surface area (Å²) in [5.74, 6) is 1.74. The summed E-state index contributed by atoms with van der Waals surface area (Å²) in [4.78, 5) is 0. The molecule has 1 aliphatic carbocycles. The third-order valence-electron chi connectivity index (χ3n) is 3.38. The maximum atomic E-state index is 9.11. The van der Waals surface area contributed by atoms with E-state index in [1.54, 1.807) is 0 Å². The van der Waals surface area contributed by atoms with Crippen molar-refractivity contribution >= 4 is 0 Å². The Morgan fingerprint density at radius 2 is 2.13 bits per heavy atom. The first-order chi connectivity index (χ1) is 7.36. The van der Waals surface area contributed by atoms with Crippen LogP contribution in [0, 0.1) is 11.8 Å². The molecule has 15 heavy (non-hydrogen) atoms. The molecule has 0 aromatic heterocycles. The smallest absolute Gasteiger partial charge is 0.0462 e. The number of hydrogen-bond donors (Lipinski definition) is 1. The minimum Gasteiger partial charge on any atom is -0.396 e. The molecule has 1 heteroatoms. The molecule has 0 spiro atoms. The zero-order valence-electron chi connectivity index (χ0n) is 8.97. The number of hydrogen-bond acceptors (Lipinski definition) is 1. The number of aliphatic hydroxyl groups excluding tert-OH is 1. The fourth-order valence-corrected chi connectivity index (χ4v) is 2.41. The molecular formula is C14H18O. The van der Waals surface area contributed by atoms with Crippen LogP contribution in [0.15, 0.2) is 43.0 Å². The molecule has 80 valence electrons. The number of benzene rings is 1. The van der Waals surface area contributed by atoms with E-state index < -0.39 is 0 Å². The van der Waals surface area contributed by atoms with Crippen LogP contribution < -0.4 is 0 Å². The van der Waals surface area contributed by atoms with E-state index >= 15 is 0 Å². The molecule has 1 N–H and O–H groups in total. The van der Waals surface area contributed by atoms with Crippen LogP contribution >= 0.6 is 0 Å². The van der Waals surface area contributed by atoms with Gasteiger partial charge in [0.2, 0.25) is 0 Å². The SMILES string of the molecule is C=CCC(c1ccccc1)C1CC1CO. The highest BCUT2D eigenvalue weighted by Crippen LogP contribution is 2.49. The Kier molecular flexibility index (Phi) is 3.22. The second-order valence-corrected chi connectivity index (χ2v) is 4.38. The van der Waals surface area contributed by atoms with Crippen LogP contribution in [0.2, 0.25) is 0 Å². The fraction of sp³-hybridized carbons (Fsp3) is 0.429. The Bertz CT molecular complexity index is 317. The molecule has 0 radical (unpaired) electrons. The fourth-order valence-electron chi connectivity index (χ4n) is 2.41. The summed E-state index contributed by atoms with van der Waals surface area (Å²) in [5.41, 5.74) is 1.39. The van der Waals surface area contributed by atoms with E-state index in [0.29, 0.717) is 24.4 Å². The van der Waals surface area contributed by atoms with Crippen LogP contribution in [-0.4, -0.2) is 11.7 Å². The van der Waals surface area contributed by atoms with Gasteiger partial charge >= 0.3 is 0 Å². The molecule has 1 fully saturated rings. The largest absolute Gasteiger partial charge is 0.396 e. The van der Waals surface area contributed by atoms with Gasteiger partial charge in [0, 0.05) is 6.61 Å². The van der Waals surface area contributed by atoms with Crippen LogP contribution in [0.25, 0.3) is 0 Å². The predicted molar refractivity (Wildman–Crippen MR) is 62.7 cm³/mol. The lowest BCUT2D eigenvalue weighted by atomic mass is 9.90. The summed E-state index contributed by atoms with van der Waals surface area (Å²) >= 11 is 0. The average molecular weight is 202 g/mol. The first-order valence-electron chi connectivity index (χ1n) is 5.63. The molecular weight excluding hydrogens is 184 g/mol. The molecule has 1 aliphatic rings. The van der Waals surface area contributed by atoms with Gasteiger partial charge in [-0.3, -0.25) is 0 Å². The molecule has 1 aromatic rings. The Hall–Kier alpha value is -1.08. The number of aliphatic hydroxyl groups is 1. The molecule has 3 unspecified atom stereocenters. The van der Waals surface area contributed by atoms with Crippen molar-refractivity contribution in [1.29, 1.82) is 0 Å². The highest BCUT2D eigenvalue weighted by atomic mass is 16.3. The first kappa shape index (κ1) is 10.4. The van der Waals surface area contributed by atoms with Gasteiger partial charge in [-0.1, -0.05) is 36.4 Å². The maximum absolute atomic E-state index is 9.11. The summed E-state index contributed by atoms with van der Waals surface area (Å²) in [6.07, 6.45) is 4.18. The zero-order valence-corrected chi connectivity index (χ0v) is 8.97. The van der Waals surface area contributed by atoms with Gasteiger partial charge < -0.3 is 5.11 Å². The molecule has 1 aromatic carbocycles. The van der Waals surface area contributed by atoms with E-state index in [-0.39, 0.29) is 0 Å². The van der Waals surface area contributed by atoms with Gasteiger partial charge in [-0.2, -0.15) is 0 Å². The Morgan fingerprint density at radius 1 is 1.40 bits per heavy atom. The van der Waals surface area contributed by atoms with Crippen molar-refractivity contribution in [3.8, 4) is 0 Å². The maximum Gasteiger partial charge on any atom is 0.0462 e. The Labute approximate surface area is 91.4 Å². The lowest BCUT2D eigenvalue weighted by Gasteiger charge is -2.15. The second kappa shape index (κ2) is 4.63.